The van der Waals surface area contributed by atoms with Gasteiger partial charge in [0.2, 0.25) is 5.91 Å². The van der Waals surface area contributed by atoms with Crippen molar-refractivity contribution in [2.24, 2.45) is 14.1 Å². The molecule has 8 nitrogen and oxygen atoms in total. The lowest BCUT2D eigenvalue weighted by molar-refractivity contribution is -0.116. The van der Waals surface area contributed by atoms with Crippen molar-refractivity contribution in [1.82, 2.24) is 19.1 Å². The number of benzene rings is 1. The highest BCUT2D eigenvalue weighted by Gasteiger charge is 2.12. The second-order valence-electron chi connectivity index (χ2n) is 6.78. The molecule has 4 aromatic rings. The number of hydrogen-bond donors (Lipinski definition) is 1. The fourth-order valence-electron chi connectivity index (χ4n) is 3.18. The van der Waals surface area contributed by atoms with E-state index < -0.39 is 11.2 Å². The molecule has 0 atom stereocenters. The molecule has 0 radical (unpaired) electrons. The number of para-hydroxylation sites is 1. The topological polar surface area (TPSA) is 98.9 Å². The molecular weight excluding hydrogens is 390 g/mol. The maximum absolute atomic E-state index is 12.3. The second-order valence-corrected chi connectivity index (χ2v) is 7.89. The maximum atomic E-state index is 12.3. The van der Waals surface area contributed by atoms with Crippen LogP contribution in [0.2, 0.25) is 0 Å². The number of rotatable bonds is 5. The Kier molecular flexibility index (Phi) is 4.98. The quantitative estimate of drug-likeness (QED) is 0.545. The Morgan fingerprint density at radius 2 is 1.97 bits per heavy atom. The highest BCUT2D eigenvalue weighted by atomic mass is 32.1. The van der Waals surface area contributed by atoms with E-state index in [-0.39, 0.29) is 16.9 Å². The summed E-state index contributed by atoms with van der Waals surface area (Å²) in [6.07, 6.45) is 3.18. The lowest BCUT2D eigenvalue weighted by atomic mass is 10.2. The smallest absolute Gasteiger partial charge is 0.325 e. The molecule has 1 amide bonds. The van der Waals surface area contributed by atoms with E-state index in [1.165, 1.54) is 17.8 Å². The molecule has 1 aromatic carbocycles. The van der Waals surface area contributed by atoms with Gasteiger partial charge >= 0.3 is 5.69 Å². The van der Waals surface area contributed by atoms with Crippen LogP contribution in [0.25, 0.3) is 21.3 Å². The van der Waals surface area contributed by atoms with Crippen LogP contribution < -0.4 is 16.6 Å². The zero-order valence-electron chi connectivity index (χ0n) is 16.0. The molecule has 3 heterocycles. The van der Waals surface area contributed by atoms with Crippen LogP contribution in [0.1, 0.15) is 17.8 Å². The van der Waals surface area contributed by atoms with Crippen molar-refractivity contribution in [3.05, 3.63) is 62.4 Å². The third-order valence-electron chi connectivity index (χ3n) is 4.71. The van der Waals surface area contributed by atoms with E-state index in [1.807, 2.05) is 24.3 Å². The number of fused-ring (bicyclic) bond motifs is 2. The van der Waals surface area contributed by atoms with Crippen LogP contribution in [0.5, 0.6) is 0 Å². The number of hydrogen-bond acceptors (Lipinski definition) is 6. The first-order valence-electron chi connectivity index (χ1n) is 9.14. The summed E-state index contributed by atoms with van der Waals surface area (Å²) in [5.74, 6) is -0.158. The number of carbonyl (C=O) groups excluding carboxylic acids is 1. The highest BCUT2D eigenvalue weighted by Crippen LogP contribution is 2.22. The van der Waals surface area contributed by atoms with Gasteiger partial charge in [-0.2, -0.15) is 0 Å². The Labute approximate surface area is 169 Å². The number of anilines is 1. The first kappa shape index (κ1) is 19.0. The number of thiazole rings is 1. The van der Waals surface area contributed by atoms with E-state index >= 15 is 0 Å². The van der Waals surface area contributed by atoms with Gasteiger partial charge in [0.1, 0.15) is 5.65 Å². The van der Waals surface area contributed by atoms with Crippen LogP contribution in [-0.4, -0.2) is 25.0 Å². The average molecular weight is 409 g/mol. The molecule has 0 spiro atoms. The number of pyridine rings is 1. The fourth-order valence-corrected chi connectivity index (χ4v) is 4.19. The molecule has 0 aliphatic rings. The summed E-state index contributed by atoms with van der Waals surface area (Å²) in [5, 5.41) is 4.06. The molecule has 29 heavy (non-hydrogen) atoms. The Balaban J connectivity index is 1.43. The van der Waals surface area contributed by atoms with Gasteiger partial charge in [0.15, 0.2) is 0 Å². The minimum atomic E-state index is -0.443. The van der Waals surface area contributed by atoms with E-state index in [0.29, 0.717) is 18.5 Å². The molecule has 0 saturated carbocycles. The van der Waals surface area contributed by atoms with Crippen LogP contribution in [0.3, 0.4) is 0 Å². The predicted molar refractivity (Wildman–Crippen MR) is 113 cm³/mol. The Morgan fingerprint density at radius 1 is 1.17 bits per heavy atom. The summed E-state index contributed by atoms with van der Waals surface area (Å²) in [6.45, 7) is 0. The van der Waals surface area contributed by atoms with Crippen LogP contribution >= 0.6 is 11.3 Å². The van der Waals surface area contributed by atoms with E-state index in [4.69, 9.17) is 0 Å². The van der Waals surface area contributed by atoms with Crippen molar-refractivity contribution in [2.45, 2.75) is 19.3 Å². The van der Waals surface area contributed by atoms with E-state index in [9.17, 15) is 14.4 Å². The molecular formula is C20H19N5O3S. The normalized spacial score (nSPS) is 11.2. The lowest BCUT2D eigenvalue weighted by Gasteiger charge is -2.09. The van der Waals surface area contributed by atoms with Crippen molar-refractivity contribution in [2.75, 3.05) is 5.32 Å². The molecule has 0 bridgehead atoms. The summed E-state index contributed by atoms with van der Waals surface area (Å²) in [7, 11) is 2.97. The van der Waals surface area contributed by atoms with E-state index in [1.54, 1.807) is 24.5 Å². The number of carbonyl (C=O) groups is 1. The third kappa shape index (κ3) is 3.68. The summed E-state index contributed by atoms with van der Waals surface area (Å²) in [4.78, 5) is 45.3. The molecule has 148 valence electrons. The van der Waals surface area contributed by atoms with Gasteiger partial charge in [0, 0.05) is 20.5 Å². The average Bonchev–Trinajstić information content (AvgIpc) is 3.13. The summed E-state index contributed by atoms with van der Waals surface area (Å²) in [6, 6.07) is 9.52. The Morgan fingerprint density at radius 3 is 2.76 bits per heavy atom. The largest absolute Gasteiger partial charge is 0.332 e. The first-order valence-corrected chi connectivity index (χ1v) is 9.96. The van der Waals surface area contributed by atoms with Gasteiger partial charge < -0.3 is 5.32 Å². The van der Waals surface area contributed by atoms with E-state index in [2.05, 4.69) is 15.3 Å². The van der Waals surface area contributed by atoms with Crippen molar-refractivity contribution in [3.63, 3.8) is 0 Å². The minimum Gasteiger partial charge on any atom is -0.325 e. The number of nitrogens with zero attached hydrogens (tertiary/aromatic N) is 4. The molecule has 9 heteroatoms. The van der Waals surface area contributed by atoms with Gasteiger partial charge in [-0.15, -0.1) is 11.3 Å². The van der Waals surface area contributed by atoms with Gasteiger partial charge in [-0.3, -0.25) is 18.7 Å². The molecule has 4 rings (SSSR count). The first-order chi connectivity index (χ1) is 13.9. The third-order valence-corrected chi connectivity index (χ3v) is 5.81. The maximum Gasteiger partial charge on any atom is 0.332 e. The molecule has 0 saturated heterocycles. The zero-order chi connectivity index (χ0) is 20.5. The Bertz CT molecular complexity index is 1320. The van der Waals surface area contributed by atoms with Crippen LogP contribution in [0.15, 0.2) is 46.1 Å². The molecule has 0 unspecified atom stereocenters. The number of nitrogens with one attached hydrogen (secondary N) is 1. The monoisotopic (exact) mass is 409 g/mol. The minimum absolute atomic E-state index is 0.158. The van der Waals surface area contributed by atoms with Gasteiger partial charge in [0.05, 0.1) is 32.5 Å². The van der Waals surface area contributed by atoms with Gasteiger partial charge in [-0.1, -0.05) is 12.1 Å². The molecule has 1 N–H and O–H groups in total. The van der Waals surface area contributed by atoms with Crippen LogP contribution in [0.4, 0.5) is 5.69 Å². The molecule has 3 aromatic heterocycles. The van der Waals surface area contributed by atoms with Crippen LogP contribution in [0, 0.1) is 0 Å². The summed E-state index contributed by atoms with van der Waals surface area (Å²) >= 11 is 1.64. The zero-order valence-corrected chi connectivity index (χ0v) is 16.8. The van der Waals surface area contributed by atoms with Crippen molar-refractivity contribution >= 4 is 44.2 Å². The fraction of sp³-hybridized carbons (Fsp3) is 0.250. The standard InChI is InChI=1S/C20H19N5O3S/c1-24-18-13(19(27)25(2)20(24)28)10-12(11-21-18)22-16(26)8-5-9-17-23-14-6-3-4-7-15(14)29-17/h3-4,6-7,10-11H,5,8-9H2,1-2H3,(H,22,26). The lowest BCUT2D eigenvalue weighted by Crippen LogP contribution is -2.37. The number of aryl methyl sites for hydroxylation is 2. The van der Waals surface area contributed by atoms with Crippen molar-refractivity contribution in [3.8, 4) is 0 Å². The predicted octanol–water partition coefficient (Wildman–Crippen LogP) is 2.20. The SMILES string of the molecule is Cn1c(=O)c2cc(NC(=O)CCCc3nc4ccccc4s3)cnc2n(C)c1=O. The Hall–Kier alpha value is -3.33. The summed E-state index contributed by atoms with van der Waals surface area (Å²) in [5.41, 5.74) is 0.810. The molecule has 0 aliphatic carbocycles. The van der Waals surface area contributed by atoms with Gasteiger partial charge in [0.25, 0.3) is 5.56 Å². The molecule has 0 aliphatic heterocycles. The number of aromatic nitrogens is 4. The second kappa shape index (κ2) is 7.59. The van der Waals surface area contributed by atoms with E-state index in [0.717, 1.165) is 26.2 Å². The van der Waals surface area contributed by atoms with Crippen molar-refractivity contribution < 1.29 is 4.79 Å². The highest BCUT2D eigenvalue weighted by molar-refractivity contribution is 7.18. The number of amides is 1. The van der Waals surface area contributed by atoms with Gasteiger partial charge in [-0.05, 0) is 31.0 Å². The van der Waals surface area contributed by atoms with Crippen molar-refractivity contribution in [1.29, 1.82) is 0 Å². The molecule has 0 fully saturated rings. The van der Waals surface area contributed by atoms with Gasteiger partial charge in [-0.25, -0.2) is 14.8 Å². The summed E-state index contributed by atoms with van der Waals surface area (Å²) < 4.78 is 3.47. The van der Waals surface area contributed by atoms with Crippen LogP contribution in [-0.2, 0) is 25.3 Å².